The van der Waals surface area contributed by atoms with Crippen molar-refractivity contribution in [3.63, 3.8) is 0 Å². The molecule has 1 amide bonds. The molecule has 2 atom stereocenters. The summed E-state index contributed by atoms with van der Waals surface area (Å²) < 4.78 is 95.4. The Kier molecular flexibility index (Phi) is 10.2. The van der Waals surface area contributed by atoms with Crippen LogP contribution in [0.1, 0.15) is 40.3 Å². The number of rotatable bonds is 7. The molecular weight excluding hydrogens is 748 g/mol. The minimum atomic E-state index is -5.02. The molecule has 2 aliphatic heterocycles. The maximum atomic E-state index is 16.3. The molecule has 4 bridgehead atoms. The van der Waals surface area contributed by atoms with Crippen LogP contribution >= 0.6 is 11.6 Å². The fraction of sp³-hybridized carbons (Fsp3) is 0.270. The molecule has 0 unspecified atom stereocenters. The molecule has 0 aliphatic carbocycles. The molecule has 0 saturated carbocycles. The SMILES string of the molecule is C=[S-](=C)[C@]1(CC(=O)O)NC(=O)[C@@H](n2cc(CCN3CC(F)C3)c(C(F)(F)F)cc2=O)c2cc(ccc2F)Oc2cccc(C)c2-c2cc(Cl)c(F)c1c2. The van der Waals surface area contributed by atoms with Gasteiger partial charge in [0.1, 0.15) is 35.3 Å². The van der Waals surface area contributed by atoms with Crippen molar-refractivity contribution in [2.75, 3.05) is 19.6 Å². The normalized spacial score (nSPS) is 19.3. The predicted molar refractivity (Wildman–Crippen MR) is 191 cm³/mol. The average Bonchev–Trinajstić information content (AvgIpc) is 3.05. The molecule has 1 aromatic heterocycles. The van der Waals surface area contributed by atoms with Crippen molar-refractivity contribution in [2.24, 2.45) is 0 Å². The summed E-state index contributed by atoms with van der Waals surface area (Å²) in [6, 6.07) is 8.86. The highest BCUT2D eigenvalue weighted by molar-refractivity contribution is 7.92. The molecule has 6 rings (SSSR count). The van der Waals surface area contributed by atoms with Gasteiger partial charge >= 0.3 is 12.1 Å². The number of aromatic nitrogens is 1. The zero-order valence-electron chi connectivity index (χ0n) is 27.9. The summed E-state index contributed by atoms with van der Waals surface area (Å²) in [7, 11) is -1.76. The van der Waals surface area contributed by atoms with Gasteiger partial charge in [-0.25, -0.2) is 24.9 Å². The van der Waals surface area contributed by atoms with Crippen LogP contribution in [0.4, 0.5) is 26.3 Å². The predicted octanol–water partition coefficient (Wildman–Crippen LogP) is 6.59. The number of carboxylic acid groups (broad SMARTS) is 1. The summed E-state index contributed by atoms with van der Waals surface area (Å²) in [5, 5.41) is 12.2. The lowest BCUT2D eigenvalue weighted by Gasteiger charge is -2.43. The van der Waals surface area contributed by atoms with E-state index in [0.29, 0.717) is 15.7 Å². The highest BCUT2D eigenvalue weighted by atomic mass is 35.5. The molecule has 1 saturated heterocycles. The van der Waals surface area contributed by atoms with Crippen molar-refractivity contribution < 1.29 is 45.8 Å². The zero-order valence-corrected chi connectivity index (χ0v) is 29.5. The Balaban J connectivity index is 1.66. The van der Waals surface area contributed by atoms with Gasteiger partial charge in [-0.15, -0.1) is 0 Å². The van der Waals surface area contributed by atoms with Gasteiger partial charge in [0, 0.05) is 47.9 Å². The van der Waals surface area contributed by atoms with Crippen LogP contribution < -0.4 is 15.6 Å². The van der Waals surface area contributed by atoms with E-state index in [0.717, 1.165) is 18.3 Å². The maximum Gasteiger partial charge on any atom is 0.416 e. The van der Waals surface area contributed by atoms with Gasteiger partial charge in [0.2, 0.25) is 5.91 Å². The molecular formula is C37H31ClF6N3O5S-. The van der Waals surface area contributed by atoms with E-state index in [2.05, 4.69) is 17.1 Å². The van der Waals surface area contributed by atoms with E-state index in [1.165, 1.54) is 18.2 Å². The first-order valence-corrected chi connectivity index (χ1v) is 18.0. The summed E-state index contributed by atoms with van der Waals surface area (Å²) in [6.45, 7) is 1.69. The van der Waals surface area contributed by atoms with E-state index < -0.39 is 96.1 Å². The van der Waals surface area contributed by atoms with Gasteiger partial charge in [0.15, 0.2) is 0 Å². The van der Waals surface area contributed by atoms with Crippen molar-refractivity contribution in [1.29, 1.82) is 0 Å². The van der Waals surface area contributed by atoms with Gasteiger partial charge < -0.3 is 25.2 Å². The smallest absolute Gasteiger partial charge is 0.416 e. The molecule has 0 spiro atoms. The van der Waals surface area contributed by atoms with Gasteiger partial charge in [0.05, 0.1) is 17.0 Å². The Labute approximate surface area is 306 Å². The van der Waals surface area contributed by atoms with Crippen molar-refractivity contribution in [3.8, 4) is 22.6 Å². The minimum absolute atomic E-state index is 0.00182. The van der Waals surface area contributed by atoms with Crippen LogP contribution in [0.5, 0.6) is 11.5 Å². The Morgan fingerprint density at radius 3 is 2.47 bits per heavy atom. The fourth-order valence-corrected chi connectivity index (χ4v) is 7.96. The third kappa shape index (κ3) is 7.29. The number of hydrogen-bond donors (Lipinski definition) is 2. The van der Waals surface area contributed by atoms with Crippen molar-refractivity contribution >= 4 is 45.3 Å². The van der Waals surface area contributed by atoms with Gasteiger partial charge in [0.25, 0.3) is 5.56 Å². The Morgan fingerprint density at radius 2 is 1.83 bits per heavy atom. The molecule has 0 radical (unpaired) electrons. The van der Waals surface area contributed by atoms with Gasteiger partial charge in [-0.1, -0.05) is 23.7 Å². The largest absolute Gasteiger partial charge is 0.481 e. The summed E-state index contributed by atoms with van der Waals surface area (Å²) >= 11 is 6.42. The number of halogens is 7. The number of nitrogens with zero attached hydrogens (tertiary/aromatic N) is 2. The molecule has 280 valence electrons. The van der Waals surface area contributed by atoms with Gasteiger partial charge in [-0.3, -0.25) is 23.9 Å². The number of carbonyl (C=O) groups excluding carboxylic acids is 1. The second-order valence-electron chi connectivity index (χ2n) is 12.9. The average molecular weight is 779 g/mol. The third-order valence-electron chi connectivity index (χ3n) is 9.30. The number of nitrogens with one attached hydrogen (secondary N) is 1. The highest BCUT2D eigenvalue weighted by Crippen LogP contribution is 2.43. The molecule has 2 aliphatic rings. The van der Waals surface area contributed by atoms with E-state index in [1.807, 2.05) is 0 Å². The lowest BCUT2D eigenvalue weighted by Crippen LogP contribution is -2.52. The quantitative estimate of drug-likeness (QED) is 0.125. The Morgan fingerprint density at radius 1 is 1.11 bits per heavy atom. The van der Waals surface area contributed by atoms with Crippen LogP contribution in [-0.4, -0.2) is 64.0 Å². The first-order chi connectivity index (χ1) is 24.9. The van der Waals surface area contributed by atoms with Crippen LogP contribution in [0.3, 0.4) is 0 Å². The third-order valence-corrected chi connectivity index (χ3v) is 11.0. The van der Waals surface area contributed by atoms with Crippen LogP contribution in [0.25, 0.3) is 11.1 Å². The number of alkyl halides is 4. The molecule has 4 aromatic rings. The first-order valence-electron chi connectivity index (χ1n) is 16.0. The topological polar surface area (TPSA) is 101 Å². The Bertz CT molecular complexity index is 2280. The van der Waals surface area contributed by atoms with Gasteiger partial charge in [-0.05, 0) is 72.0 Å². The summed E-state index contributed by atoms with van der Waals surface area (Å²) in [6.07, 6.45) is -6.75. The van der Waals surface area contributed by atoms with Crippen LogP contribution in [0.2, 0.25) is 5.02 Å². The number of hydrogen-bond acceptors (Lipinski definition) is 6. The standard InChI is InChI=1S/C37H31ClF6N3O5S/c1-19-5-4-6-29-32(19)21-11-26(33(41)27(38)12-21)36(53(2)3,15-31(49)50)45-35(51)34(24-13-23(52-29)7-8-28(24)40)47-16-20(9-10-46-17-22(39)18-46)25(14-30(47)48)37(42,43)44/h4-8,11-14,16,22,34H,2-3,9-10,15,17-18H2,1H3,(H,45,51)(H,49,50)/q-1/t34-,36-/m0/s1. The molecule has 8 nitrogen and oxygen atoms in total. The summed E-state index contributed by atoms with van der Waals surface area (Å²) in [5.74, 6) is 2.78. The number of benzene rings is 3. The van der Waals surface area contributed by atoms with Crippen LogP contribution in [0.15, 0.2) is 65.6 Å². The van der Waals surface area contributed by atoms with Crippen molar-refractivity contribution in [1.82, 2.24) is 14.8 Å². The molecule has 3 aromatic carbocycles. The maximum absolute atomic E-state index is 16.3. The lowest BCUT2D eigenvalue weighted by molar-refractivity contribution is -0.139. The van der Waals surface area contributed by atoms with Crippen molar-refractivity contribution in [3.05, 3.63) is 116 Å². The summed E-state index contributed by atoms with van der Waals surface area (Å²) in [4.78, 5) is 40.1. The number of amides is 1. The number of ether oxygens (including phenoxy) is 1. The molecule has 2 N–H and O–H groups in total. The number of pyridine rings is 1. The highest BCUT2D eigenvalue weighted by Gasteiger charge is 2.39. The van der Waals surface area contributed by atoms with Crippen LogP contribution in [0, 0.1) is 18.6 Å². The minimum Gasteiger partial charge on any atom is -0.481 e. The number of carbonyl (C=O) groups is 2. The summed E-state index contributed by atoms with van der Waals surface area (Å²) in [5.41, 5.74) is -2.90. The number of likely N-dealkylation sites (tertiary alicyclic amines) is 1. The van der Waals surface area contributed by atoms with E-state index in [9.17, 15) is 37.1 Å². The number of aryl methyl sites for hydroxylation is 1. The fourth-order valence-electron chi connectivity index (χ4n) is 6.70. The zero-order chi connectivity index (χ0) is 38.6. The molecule has 3 heterocycles. The van der Waals surface area contributed by atoms with E-state index in [-0.39, 0.29) is 49.2 Å². The second-order valence-corrected chi connectivity index (χ2v) is 15.0. The van der Waals surface area contributed by atoms with Crippen molar-refractivity contribution in [2.45, 2.75) is 43.0 Å². The monoisotopic (exact) mass is 778 g/mol. The number of aliphatic carboxylic acids is 1. The van der Waals surface area contributed by atoms with E-state index in [4.69, 9.17) is 16.3 Å². The van der Waals surface area contributed by atoms with E-state index in [1.54, 1.807) is 30.0 Å². The molecule has 53 heavy (non-hydrogen) atoms. The molecule has 16 heteroatoms. The Hall–Kier alpha value is -4.73. The van der Waals surface area contributed by atoms with E-state index >= 15 is 8.78 Å². The lowest BCUT2D eigenvalue weighted by atomic mass is 9.93. The second kappa shape index (κ2) is 14.3. The number of fused-ring (bicyclic) bond motifs is 6. The number of carboxylic acids is 1. The first kappa shape index (κ1) is 38.0. The van der Waals surface area contributed by atoms with Gasteiger partial charge in [-0.2, -0.15) is 13.2 Å². The molecule has 1 fully saturated rings. The van der Waals surface area contributed by atoms with Crippen LogP contribution in [-0.2, 0) is 37.1 Å².